The van der Waals surface area contributed by atoms with Gasteiger partial charge in [-0.05, 0) is 132 Å². The van der Waals surface area contributed by atoms with Crippen LogP contribution in [0.4, 0.5) is 17.1 Å². The van der Waals surface area contributed by atoms with E-state index in [1.165, 1.54) is 103 Å². The Morgan fingerprint density at radius 1 is 0.433 bits per heavy atom. The van der Waals surface area contributed by atoms with E-state index in [-0.39, 0.29) is 5.41 Å². The first-order chi connectivity index (χ1) is 33.2. The van der Waals surface area contributed by atoms with Gasteiger partial charge >= 0.3 is 0 Å². The van der Waals surface area contributed by atoms with E-state index < -0.39 is 0 Å². The third kappa shape index (κ3) is 5.73. The van der Waals surface area contributed by atoms with Crippen molar-refractivity contribution in [3.05, 3.63) is 271 Å². The molecule has 3 aliphatic rings. The van der Waals surface area contributed by atoms with E-state index >= 15 is 0 Å². The van der Waals surface area contributed by atoms with Crippen molar-refractivity contribution in [1.29, 1.82) is 0 Å². The maximum atomic E-state index is 2.51. The Labute approximate surface area is 394 Å². The molecule has 1 aromatic heterocycles. The lowest BCUT2D eigenvalue weighted by molar-refractivity contribution is 0.708. The lowest BCUT2D eigenvalue weighted by Crippen LogP contribution is -2.27. The van der Waals surface area contributed by atoms with E-state index in [2.05, 4.69) is 248 Å². The van der Waals surface area contributed by atoms with Crippen molar-refractivity contribution in [3.8, 4) is 44.5 Å². The summed E-state index contributed by atoms with van der Waals surface area (Å²) in [5, 5.41) is 5.12. The molecule has 0 aliphatic heterocycles. The second-order valence-electron chi connectivity index (χ2n) is 18.3. The molecule has 2 heteroatoms. The van der Waals surface area contributed by atoms with Gasteiger partial charge in [0.1, 0.15) is 0 Å². The van der Waals surface area contributed by atoms with E-state index in [0.29, 0.717) is 5.92 Å². The number of rotatable bonds is 6. The summed E-state index contributed by atoms with van der Waals surface area (Å²) in [6.07, 6.45) is 8.08. The molecule has 10 aromatic carbocycles. The first-order valence-electron chi connectivity index (χ1n) is 23.4. The molecule has 0 saturated heterocycles. The molecule has 2 atom stereocenters. The van der Waals surface area contributed by atoms with Gasteiger partial charge in [-0.15, -0.1) is 11.3 Å². The van der Waals surface area contributed by atoms with Crippen molar-refractivity contribution in [3.63, 3.8) is 0 Å². The molecule has 0 radical (unpaired) electrons. The number of thiophene rings is 1. The monoisotopic (exact) mass is 869 g/mol. The van der Waals surface area contributed by atoms with Crippen LogP contribution in [-0.4, -0.2) is 0 Å². The molecule has 314 valence electrons. The zero-order chi connectivity index (χ0) is 44.1. The molecule has 3 aliphatic carbocycles. The Kier molecular flexibility index (Phi) is 8.56. The summed E-state index contributed by atoms with van der Waals surface area (Å²) >= 11 is 1.90. The summed E-state index contributed by atoms with van der Waals surface area (Å²) in [5.41, 5.74) is 20.1. The first-order valence-corrected chi connectivity index (χ1v) is 24.2. The van der Waals surface area contributed by atoms with Gasteiger partial charge in [0.2, 0.25) is 0 Å². The topological polar surface area (TPSA) is 3.24 Å². The number of fused-ring (bicyclic) bond motifs is 14. The van der Waals surface area contributed by atoms with Crippen molar-refractivity contribution in [1.82, 2.24) is 0 Å². The first kappa shape index (κ1) is 38.3. The quantitative estimate of drug-likeness (QED) is 0.161. The van der Waals surface area contributed by atoms with E-state index in [4.69, 9.17) is 0 Å². The van der Waals surface area contributed by atoms with Crippen LogP contribution >= 0.6 is 11.3 Å². The van der Waals surface area contributed by atoms with Crippen LogP contribution in [0.1, 0.15) is 34.6 Å². The van der Waals surface area contributed by atoms with Crippen LogP contribution in [0.5, 0.6) is 0 Å². The van der Waals surface area contributed by atoms with Crippen molar-refractivity contribution in [2.75, 3.05) is 4.90 Å². The number of benzene rings is 10. The molecule has 0 amide bonds. The summed E-state index contributed by atoms with van der Waals surface area (Å²) in [6, 6.07) is 83.9. The standard InChI is InChI=1S/C65H43NS/c1-2-14-42(15-3-1)44-28-32-48(33-29-44)66(50-36-37-55-54-20-8-12-24-60(54)65(61(55)41-50)58-22-10-6-18-52(58)53-19-7-11-23-59(53)65)49-34-30-45(31-35-49)51-38-39-57-56-21-9-13-25-62(56)67-64(57)63(51)47-27-26-43-16-4-5-17-46(43)40-47/h1-18,20-41,53H,19H2. The van der Waals surface area contributed by atoms with Crippen LogP contribution in [0.15, 0.2) is 248 Å². The fourth-order valence-electron chi connectivity index (χ4n) is 11.9. The zero-order valence-corrected chi connectivity index (χ0v) is 37.6. The molecule has 11 aromatic rings. The van der Waals surface area contributed by atoms with Gasteiger partial charge in [-0.25, -0.2) is 0 Å². The Bertz CT molecular complexity index is 3830. The summed E-state index contributed by atoms with van der Waals surface area (Å²) in [7, 11) is 0. The molecule has 1 nitrogen and oxygen atoms in total. The molecule has 0 saturated carbocycles. The predicted octanol–water partition coefficient (Wildman–Crippen LogP) is 18.0. The van der Waals surface area contributed by atoms with Gasteiger partial charge in [0.05, 0.1) is 5.41 Å². The van der Waals surface area contributed by atoms with E-state index in [1.54, 1.807) is 0 Å². The van der Waals surface area contributed by atoms with E-state index in [0.717, 1.165) is 23.5 Å². The molecule has 0 fully saturated rings. The van der Waals surface area contributed by atoms with Crippen molar-refractivity contribution < 1.29 is 0 Å². The van der Waals surface area contributed by atoms with E-state index in [9.17, 15) is 0 Å². The largest absolute Gasteiger partial charge is 0.310 e. The van der Waals surface area contributed by atoms with Gasteiger partial charge in [0.15, 0.2) is 0 Å². The van der Waals surface area contributed by atoms with Gasteiger partial charge in [-0.2, -0.15) is 0 Å². The van der Waals surface area contributed by atoms with Crippen LogP contribution in [0.25, 0.3) is 75.5 Å². The molecule has 1 heterocycles. The van der Waals surface area contributed by atoms with Gasteiger partial charge < -0.3 is 4.90 Å². The van der Waals surface area contributed by atoms with Crippen LogP contribution in [-0.2, 0) is 5.41 Å². The molecular weight excluding hydrogens is 827 g/mol. The Morgan fingerprint density at radius 2 is 1.07 bits per heavy atom. The lowest BCUT2D eigenvalue weighted by Gasteiger charge is -2.34. The lowest BCUT2D eigenvalue weighted by atomic mass is 9.69. The van der Waals surface area contributed by atoms with Gasteiger partial charge in [-0.1, -0.05) is 194 Å². The normalized spacial score (nSPS) is 16.5. The summed E-state index contributed by atoms with van der Waals surface area (Å²) in [6.45, 7) is 0. The third-order valence-electron chi connectivity index (χ3n) is 14.9. The van der Waals surface area contributed by atoms with E-state index in [1.807, 2.05) is 11.3 Å². The van der Waals surface area contributed by atoms with Gasteiger partial charge in [-0.3, -0.25) is 0 Å². The minimum absolute atomic E-state index is 0.351. The molecule has 14 rings (SSSR count). The zero-order valence-electron chi connectivity index (χ0n) is 36.7. The fourth-order valence-corrected chi connectivity index (χ4v) is 13.2. The second kappa shape index (κ2) is 15.0. The molecule has 0 bridgehead atoms. The number of hydrogen-bond donors (Lipinski definition) is 0. The van der Waals surface area contributed by atoms with Gasteiger partial charge in [0.25, 0.3) is 0 Å². The molecule has 1 spiro atoms. The number of anilines is 3. The molecule has 67 heavy (non-hydrogen) atoms. The Morgan fingerprint density at radius 3 is 1.93 bits per heavy atom. The molecular formula is C65H43NS. The Hall–Kier alpha value is -8.04. The van der Waals surface area contributed by atoms with Gasteiger partial charge in [0, 0.05) is 48.7 Å². The second-order valence-corrected chi connectivity index (χ2v) is 19.3. The SMILES string of the molecule is C1=CCC2C(=C1)C1(c3ccccc3-c3ccc(N(c4ccc(-c5ccccc5)cc4)c4ccc(-c5ccc6c(sc7ccccc76)c5-c5ccc6ccccc6c5)cc4)cc31)c1ccccc12. The Balaban J connectivity index is 0.953. The van der Waals surface area contributed by atoms with Crippen molar-refractivity contribution in [2.24, 2.45) is 0 Å². The number of allylic oxidation sites excluding steroid dienone is 4. The number of nitrogens with zero attached hydrogens (tertiary/aromatic N) is 1. The minimum Gasteiger partial charge on any atom is -0.310 e. The average Bonchev–Trinajstić information content (AvgIpc) is 4.03. The predicted molar refractivity (Wildman–Crippen MR) is 284 cm³/mol. The molecule has 2 unspecified atom stereocenters. The van der Waals surface area contributed by atoms with Crippen LogP contribution in [0, 0.1) is 0 Å². The maximum absolute atomic E-state index is 2.51. The highest BCUT2D eigenvalue weighted by molar-refractivity contribution is 7.26. The average molecular weight is 870 g/mol. The van der Waals surface area contributed by atoms with Crippen LogP contribution < -0.4 is 4.90 Å². The highest BCUT2D eigenvalue weighted by Gasteiger charge is 2.55. The maximum Gasteiger partial charge on any atom is 0.0686 e. The minimum atomic E-state index is -0.370. The van der Waals surface area contributed by atoms with Crippen LogP contribution in [0.2, 0.25) is 0 Å². The third-order valence-corrected chi connectivity index (χ3v) is 16.1. The summed E-state index contributed by atoms with van der Waals surface area (Å²) < 4.78 is 2.64. The fraction of sp³-hybridized carbons (Fsp3) is 0.0462. The smallest absolute Gasteiger partial charge is 0.0686 e. The summed E-state index contributed by atoms with van der Waals surface area (Å²) in [5.74, 6) is 0.351. The van der Waals surface area contributed by atoms with Crippen LogP contribution in [0.3, 0.4) is 0 Å². The van der Waals surface area contributed by atoms with Crippen molar-refractivity contribution in [2.45, 2.75) is 17.8 Å². The highest BCUT2D eigenvalue weighted by Crippen LogP contribution is 2.65. The highest BCUT2D eigenvalue weighted by atomic mass is 32.1. The molecule has 0 N–H and O–H groups in total. The number of hydrogen-bond acceptors (Lipinski definition) is 2. The summed E-state index contributed by atoms with van der Waals surface area (Å²) in [4.78, 5) is 2.46. The van der Waals surface area contributed by atoms with Crippen molar-refractivity contribution >= 4 is 59.3 Å².